The van der Waals surface area contributed by atoms with Gasteiger partial charge in [0.15, 0.2) is 0 Å². The van der Waals surface area contributed by atoms with Gasteiger partial charge < -0.3 is 5.11 Å². The van der Waals surface area contributed by atoms with Crippen LogP contribution in [0.5, 0.6) is 0 Å². The van der Waals surface area contributed by atoms with Gasteiger partial charge in [0.25, 0.3) is 0 Å². The fraction of sp³-hybridized carbons (Fsp3) is 0.643. The van der Waals surface area contributed by atoms with Gasteiger partial charge in [-0.25, -0.2) is 0 Å². The molecular weight excluding hydrogens is 198 g/mol. The summed E-state index contributed by atoms with van der Waals surface area (Å²) in [7, 11) is 0. The summed E-state index contributed by atoms with van der Waals surface area (Å²) in [6, 6.07) is 4.14. The van der Waals surface area contributed by atoms with Gasteiger partial charge in [0.1, 0.15) is 0 Å². The monoisotopic (exact) mass is 221 g/mol. The average molecular weight is 221 g/mol. The van der Waals surface area contributed by atoms with Crippen molar-refractivity contribution < 1.29 is 5.11 Å². The molecule has 16 heavy (non-hydrogen) atoms. The predicted molar refractivity (Wildman–Crippen MR) is 67.6 cm³/mol. The van der Waals surface area contributed by atoms with E-state index in [1.807, 2.05) is 40.0 Å². The van der Waals surface area contributed by atoms with Crippen molar-refractivity contribution in [3.63, 3.8) is 0 Å². The summed E-state index contributed by atoms with van der Waals surface area (Å²) in [5.41, 5.74) is 1.08. The van der Waals surface area contributed by atoms with E-state index in [1.165, 1.54) is 5.56 Å². The number of aliphatic hydroxyl groups is 1. The lowest BCUT2D eigenvalue weighted by Crippen LogP contribution is -2.43. The fourth-order valence-corrected chi connectivity index (χ4v) is 1.46. The molecule has 0 aliphatic carbocycles. The van der Waals surface area contributed by atoms with Gasteiger partial charge in [-0.05, 0) is 37.5 Å². The van der Waals surface area contributed by atoms with Crippen LogP contribution in [0.1, 0.15) is 58.7 Å². The van der Waals surface area contributed by atoms with E-state index in [2.05, 4.69) is 24.9 Å². The van der Waals surface area contributed by atoms with Gasteiger partial charge in [-0.15, -0.1) is 0 Å². The van der Waals surface area contributed by atoms with Gasteiger partial charge in [0.05, 0.1) is 5.60 Å². The summed E-state index contributed by atoms with van der Waals surface area (Å²) in [4.78, 5) is 4.40. The van der Waals surface area contributed by atoms with E-state index in [9.17, 15) is 5.11 Å². The lowest BCUT2D eigenvalue weighted by atomic mass is 9.74. The van der Waals surface area contributed by atoms with Crippen LogP contribution in [0.25, 0.3) is 0 Å². The summed E-state index contributed by atoms with van der Waals surface area (Å²) >= 11 is 0. The summed E-state index contributed by atoms with van der Waals surface area (Å²) in [6.07, 6.45) is 1.83. The van der Waals surface area contributed by atoms with Gasteiger partial charge in [0, 0.05) is 17.3 Å². The van der Waals surface area contributed by atoms with E-state index >= 15 is 0 Å². The van der Waals surface area contributed by atoms with Crippen molar-refractivity contribution in [2.75, 3.05) is 0 Å². The highest BCUT2D eigenvalue weighted by molar-refractivity contribution is 5.26. The first-order valence-electron chi connectivity index (χ1n) is 5.85. The van der Waals surface area contributed by atoms with Crippen LogP contribution in [0.4, 0.5) is 0 Å². The summed E-state index contributed by atoms with van der Waals surface area (Å²) in [5.74, 6) is 0.486. The van der Waals surface area contributed by atoms with Crippen LogP contribution >= 0.6 is 0 Å². The third kappa shape index (κ3) is 2.43. The Bertz CT molecular complexity index is 361. The molecular formula is C14H23NO. The maximum absolute atomic E-state index is 10.2. The van der Waals surface area contributed by atoms with Gasteiger partial charge in [-0.1, -0.05) is 27.7 Å². The third-order valence-electron chi connectivity index (χ3n) is 3.62. The molecule has 0 saturated heterocycles. The van der Waals surface area contributed by atoms with Crippen molar-refractivity contribution in [1.29, 1.82) is 0 Å². The maximum atomic E-state index is 10.2. The van der Waals surface area contributed by atoms with Crippen LogP contribution in [0.2, 0.25) is 0 Å². The van der Waals surface area contributed by atoms with Gasteiger partial charge in [-0.3, -0.25) is 4.98 Å². The molecule has 1 heterocycles. The van der Waals surface area contributed by atoms with E-state index in [0.29, 0.717) is 5.92 Å². The van der Waals surface area contributed by atoms with E-state index < -0.39 is 5.60 Å². The zero-order valence-electron chi connectivity index (χ0n) is 11.2. The Kier molecular flexibility index (Phi) is 3.44. The number of pyridine rings is 1. The van der Waals surface area contributed by atoms with Crippen LogP contribution in [-0.4, -0.2) is 15.7 Å². The topological polar surface area (TPSA) is 33.1 Å². The Balaban J connectivity index is 3.19. The molecule has 0 atom stereocenters. The molecule has 0 unspecified atom stereocenters. The summed E-state index contributed by atoms with van der Waals surface area (Å²) < 4.78 is 0. The highest BCUT2D eigenvalue weighted by Crippen LogP contribution is 2.34. The maximum Gasteiger partial charge on any atom is 0.0697 e. The molecule has 0 spiro atoms. The zero-order chi connectivity index (χ0) is 12.6. The highest BCUT2D eigenvalue weighted by Gasteiger charge is 2.37. The quantitative estimate of drug-likeness (QED) is 0.850. The Labute approximate surface area is 98.7 Å². The zero-order valence-corrected chi connectivity index (χ0v) is 11.2. The molecule has 1 rings (SSSR count). The van der Waals surface area contributed by atoms with Crippen LogP contribution < -0.4 is 0 Å². The average Bonchev–Trinajstić information content (AvgIpc) is 2.16. The molecule has 0 aliphatic rings. The first kappa shape index (κ1) is 13.2. The summed E-state index contributed by atoms with van der Waals surface area (Å²) in [6.45, 7) is 12.0. The molecule has 1 aromatic heterocycles. The van der Waals surface area contributed by atoms with Crippen molar-refractivity contribution >= 4 is 0 Å². The number of nitrogens with zero attached hydrogens (tertiary/aromatic N) is 1. The van der Waals surface area contributed by atoms with Crippen LogP contribution in [0.3, 0.4) is 0 Å². The van der Waals surface area contributed by atoms with Crippen molar-refractivity contribution in [3.8, 4) is 0 Å². The van der Waals surface area contributed by atoms with Gasteiger partial charge >= 0.3 is 0 Å². The number of aromatic nitrogens is 1. The Morgan fingerprint density at radius 2 is 1.75 bits per heavy atom. The van der Waals surface area contributed by atoms with Crippen LogP contribution in [-0.2, 0) is 5.41 Å². The van der Waals surface area contributed by atoms with Crippen LogP contribution in [0.15, 0.2) is 18.3 Å². The molecule has 1 N–H and O–H groups in total. The van der Waals surface area contributed by atoms with Crippen molar-refractivity contribution in [3.05, 3.63) is 29.6 Å². The smallest absolute Gasteiger partial charge is 0.0697 e. The SMILES string of the molecule is CC(C)c1ccnc(C(C)(C)C(C)(C)O)c1. The molecule has 0 radical (unpaired) electrons. The fourth-order valence-electron chi connectivity index (χ4n) is 1.46. The Hall–Kier alpha value is -0.890. The summed E-state index contributed by atoms with van der Waals surface area (Å²) in [5, 5.41) is 10.2. The van der Waals surface area contributed by atoms with Crippen molar-refractivity contribution in [2.45, 2.75) is 58.5 Å². The molecule has 0 bridgehead atoms. The molecule has 90 valence electrons. The lowest BCUT2D eigenvalue weighted by molar-refractivity contribution is 0.00773. The molecule has 2 heteroatoms. The largest absolute Gasteiger partial charge is 0.390 e. The Morgan fingerprint density at radius 3 is 2.19 bits per heavy atom. The normalized spacial score (nSPS) is 13.2. The van der Waals surface area contributed by atoms with Crippen molar-refractivity contribution in [2.24, 2.45) is 0 Å². The second-order valence-corrected chi connectivity index (χ2v) is 5.81. The minimum absolute atomic E-state index is 0.349. The first-order chi connectivity index (χ1) is 7.16. The molecule has 2 nitrogen and oxygen atoms in total. The second kappa shape index (κ2) is 4.17. The second-order valence-electron chi connectivity index (χ2n) is 5.81. The van der Waals surface area contributed by atoms with E-state index in [4.69, 9.17) is 0 Å². The molecule has 0 aliphatic heterocycles. The highest BCUT2D eigenvalue weighted by atomic mass is 16.3. The molecule has 0 amide bonds. The van der Waals surface area contributed by atoms with Crippen molar-refractivity contribution in [1.82, 2.24) is 4.98 Å². The minimum Gasteiger partial charge on any atom is -0.390 e. The van der Waals surface area contributed by atoms with E-state index in [-0.39, 0.29) is 5.41 Å². The predicted octanol–water partition coefficient (Wildman–Crippen LogP) is 3.25. The standard InChI is InChI=1S/C14H23NO/c1-10(2)11-7-8-15-12(9-11)13(3,4)14(5,6)16/h7-10,16H,1-6H3. The molecule has 0 fully saturated rings. The molecule has 0 saturated carbocycles. The minimum atomic E-state index is -0.782. The van der Waals surface area contributed by atoms with Gasteiger partial charge in [-0.2, -0.15) is 0 Å². The molecule has 0 aromatic carbocycles. The number of hydrogen-bond acceptors (Lipinski definition) is 2. The van der Waals surface area contributed by atoms with E-state index in [1.54, 1.807) is 0 Å². The first-order valence-corrected chi connectivity index (χ1v) is 5.85. The lowest BCUT2D eigenvalue weighted by Gasteiger charge is -2.37. The molecule has 1 aromatic rings. The van der Waals surface area contributed by atoms with E-state index in [0.717, 1.165) is 5.69 Å². The van der Waals surface area contributed by atoms with Crippen LogP contribution in [0, 0.1) is 0 Å². The number of hydrogen-bond donors (Lipinski definition) is 1. The Morgan fingerprint density at radius 1 is 1.19 bits per heavy atom. The van der Waals surface area contributed by atoms with Gasteiger partial charge in [0.2, 0.25) is 0 Å². The number of rotatable bonds is 3. The third-order valence-corrected chi connectivity index (χ3v) is 3.62.